The van der Waals surface area contributed by atoms with E-state index in [4.69, 9.17) is 5.11 Å². The van der Waals surface area contributed by atoms with Crippen LogP contribution in [-0.2, 0) is 11.2 Å². The van der Waals surface area contributed by atoms with Gasteiger partial charge in [-0.2, -0.15) is 0 Å². The molecular weight excluding hydrogens is 274 g/mol. The maximum atomic E-state index is 12.4. The molecule has 0 heterocycles. The van der Waals surface area contributed by atoms with Crippen molar-refractivity contribution in [3.8, 4) is 0 Å². The van der Waals surface area contributed by atoms with Crippen LogP contribution in [0.15, 0.2) is 30.3 Å². The summed E-state index contributed by atoms with van der Waals surface area (Å²) in [4.78, 5) is 14.3. The third-order valence-electron chi connectivity index (χ3n) is 4.19. The first-order valence-corrected chi connectivity index (χ1v) is 8.59. The second kappa shape index (κ2) is 11.2. The lowest BCUT2D eigenvalue weighted by Crippen LogP contribution is -2.38. The predicted molar refractivity (Wildman–Crippen MR) is 91.8 cm³/mol. The summed E-state index contributed by atoms with van der Waals surface area (Å²) in [5.41, 5.74) is 1.27. The molecule has 0 spiro atoms. The van der Waals surface area contributed by atoms with E-state index in [0.717, 1.165) is 44.9 Å². The van der Waals surface area contributed by atoms with Crippen LogP contribution in [0.3, 0.4) is 0 Å². The van der Waals surface area contributed by atoms with Crippen molar-refractivity contribution in [3.05, 3.63) is 35.9 Å². The SMILES string of the molecule is CCCCCC(=O)N(C)C(CCCCO)Cc1ccccc1. The number of aliphatic hydroxyl groups excluding tert-OH is 1. The van der Waals surface area contributed by atoms with Gasteiger partial charge in [0.15, 0.2) is 0 Å². The Balaban J connectivity index is 2.60. The fourth-order valence-corrected chi connectivity index (χ4v) is 2.72. The monoisotopic (exact) mass is 305 g/mol. The molecule has 0 aliphatic rings. The number of carbonyl (C=O) groups excluding carboxylic acids is 1. The summed E-state index contributed by atoms with van der Waals surface area (Å²) in [6, 6.07) is 10.6. The molecule has 1 unspecified atom stereocenters. The minimum absolute atomic E-state index is 0.225. The molecule has 3 heteroatoms. The molecule has 124 valence electrons. The number of aliphatic hydroxyl groups is 1. The molecule has 1 amide bonds. The first-order valence-electron chi connectivity index (χ1n) is 8.59. The van der Waals surface area contributed by atoms with Crippen molar-refractivity contribution in [1.82, 2.24) is 4.90 Å². The highest BCUT2D eigenvalue weighted by Gasteiger charge is 2.19. The number of nitrogens with zero attached hydrogens (tertiary/aromatic N) is 1. The van der Waals surface area contributed by atoms with E-state index in [-0.39, 0.29) is 18.6 Å². The van der Waals surface area contributed by atoms with Gasteiger partial charge in [0, 0.05) is 26.1 Å². The van der Waals surface area contributed by atoms with Gasteiger partial charge in [-0.15, -0.1) is 0 Å². The molecule has 0 radical (unpaired) electrons. The molecule has 22 heavy (non-hydrogen) atoms. The zero-order chi connectivity index (χ0) is 16.2. The number of hydrogen-bond donors (Lipinski definition) is 1. The number of hydrogen-bond acceptors (Lipinski definition) is 2. The second-order valence-electron chi connectivity index (χ2n) is 6.02. The molecule has 0 saturated carbocycles. The van der Waals surface area contributed by atoms with E-state index in [0.29, 0.717) is 6.42 Å². The zero-order valence-corrected chi connectivity index (χ0v) is 14.1. The quantitative estimate of drug-likeness (QED) is 0.632. The van der Waals surface area contributed by atoms with E-state index in [1.54, 1.807) is 0 Å². The number of benzene rings is 1. The van der Waals surface area contributed by atoms with Crippen molar-refractivity contribution in [2.75, 3.05) is 13.7 Å². The van der Waals surface area contributed by atoms with Gasteiger partial charge in [-0.3, -0.25) is 4.79 Å². The van der Waals surface area contributed by atoms with Crippen molar-refractivity contribution >= 4 is 5.91 Å². The molecule has 0 fully saturated rings. The lowest BCUT2D eigenvalue weighted by molar-refractivity contribution is -0.132. The van der Waals surface area contributed by atoms with Crippen LogP contribution < -0.4 is 0 Å². The van der Waals surface area contributed by atoms with E-state index in [9.17, 15) is 4.79 Å². The molecule has 0 bridgehead atoms. The van der Waals surface area contributed by atoms with E-state index in [1.165, 1.54) is 5.56 Å². The summed E-state index contributed by atoms with van der Waals surface area (Å²) >= 11 is 0. The van der Waals surface area contributed by atoms with Crippen LogP contribution in [0.2, 0.25) is 0 Å². The minimum Gasteiger partial charge on any atom is -0.396 e. The van der Waals surface area contributed by atoms with E-state index in [1.807, 2.05) is 30.1 Å². The summed E-state index contributed by atoms with van der Waals surface area (Å²) in [5.74, 6) is 0.248. The van der Waals surface area contributed by atoms with Gasteiger partial charge in [0.1, 0.15) is 0 Å². The van der Waals surface area contributed by atoms with Gasteiger partial charge in [0.25, 0.3) is 0 Å². The fourth-order valence-electron chi connectivity index (χ4n) is 2.72. The maximum absolute atomic E-state index is 12.4. The molecule has 0 aliphatic carbocycles. The third kappa shape index (κ3) is 7.08. The van der Waals surface area contributed by atoms with Crippen LogP contribution in [0.1, 0.15) is 57.4 Å². The summed E-state index contributed by atoms with van der Waals surface area (Å²) in [7, 11) is 1.93. The summed E-state index contributed by atoms with van der Waals surface area (Å²) in [5, 5.41) is 8.98. The molecule has 1 rings (SSSR count). The maximum Gasteiger partial charge on any atom is 0.222 e. The number of rotatable bonds is 11. The second-order valence-corrected chi connectivity index (χ2v) is 6.02. The molecule has 1 aromatic carbocycles. The molecule has 1 aromatic rings. The molecule has 1 atom stereocenters. The Morgan fingerprint density at radius 1 is 1.14 bits per heavy atom. The van der Waals surface area contributed by atoms with Gasteiger partial charge >= 0.3 is 0 Å². The van der Waals surface area contributed by atoms with Crippen LogP contribution in [0.5, 0.6) is 0 Å². The average Bonchev–Trinajstić information content (AvgIpc) is 2.54. The molecular formula is C19H31NO2. The minimum atomic E-state index is 0.225. The van der Waals surface area contributed by atoms with Crippen molar-refractivity contribution in [3.63, 3.8) is 0 Å². The highest BCUT2D eigenvalue weighted by molar-refractivity contribution is 5.76. The van der Waals surface area contributed by atoms with Crippen LogP contribution in [0, 0.1) is 0 Å². The molecule has 3 nitrogen and oxygen atoms in total. The van der Waals surface area contributed by atoms with E-state index < -0.39 is 0 Å². The lowest BCUT2D eigenvalue weighted by atomic mass is 9.99. The zero-order valence-electron chi connectivity index (χ0n) is 14.1. The van der Waals surface area contributed by atoms with Gasteiger partial charge in [-0.1, -0.05) is 50.1 Å². The topological polar surface area (TPSA) is 40.5 Å². The van der Waals surface area contributed by atoms with E-state index >= 15 is 0 Å². The third-order valence-corrected chi connectivity index (χ3v) is 4.19. The Labute approximate surface area is 135 Å². The Hall–Kier alpha value is -1.35. The normalized spacial score (nSPS) is 12.1. The van der Waals surface area contributed by atoms with Gasteiger partial charge in [-0.05, 0) is 37.7 Å². The highest BCUT2D eigenvalue weighted by Crippen LogP contribution is 2.16. The lowest BCUT2D eigenvalue weighted by Gasteiger charge is -2.29. The molecule has 0 aromatic heterocycles. The number of carbonyl (C=O) groups is 1. The molecule has 0 aliphatic heterocycles. The average molecular weight is 305 g/mol. The van der Waals surface area contributed by atoms with Crippen LogP contribution in [-0.4, -0.2) is 35.6 Å². The first-order chi connectivity index (χ1) is 10.7. The van der Waals surface area contributed by atoms with E-state index in [2.05, 4.69) is 19.1 Å². The fraction of sp³-hybridized carbons (Fsp3) is 0.632. The Bertz CT molecular complexity index is 405. The summed E-state index contributed by atoms with van der Waals surface area (Å²) in [6.45, 7) is 2.38. The Morgan fingerprint density at radius 3 is 2.50 bits per heavy atom. The largest absolute Gasteiger partial charge is 0.396 e. The van der Waals surface area contributed by atoms with Crippen LogP contribution >= 0.6 is 0 Å². The van der Waals surface area contributed by atoms with Crippen LogP contribution in [0.4, 0.5) is 0 Å². The van der Waals surface area contributed by atoms with Crippen molar-refractivity contribution in [1.29, 1.82) is 0 Å². The van der Waals surface area contributed by atoms with Crippen LogP contribution in [0.25, 0.3) is 0 Å². The molecule has 0 saturated heterocycles. The van der Waals surface area contributed by atoms with Gasteiger partial charge in [0.05, 0.1) is 0 Å². The smallest absolute Gasteiger partial charge is 0.222 e. The first kappa shape index (κ1) is 18.7. The standard InChI is InChI=1S/C19H31NO2/c1-3-4-6-14-19(22)20(2)18(13-9-10-15-21)16-17-11-7-5-8-12-17/h5,7-8,11-12,18,21H,3-4,6,9-10,13-16H2,1-2H3. The Kier molecular flexibility index (Phi) is 9.56. The summed E-state index contributed by atoms with van der Waals surface area (Å²) < 4.78 is 0. The highest BCUT2D eigenvalue weighted by atomic mass is 16.2. The predicted octanol–water partition coefficient (Wildman–Crippen LogP) is 3.80. The number of likely N-dealkylation sites (N-methyl/N-ethyl adjacent to an activating group) is 1. The number of unbranched alkanes of at least 4 members (excludes halogenated alkanes) is 3. The van der Waals surface area contributed by atoms with Gasteiger partial charge in [0.2, 0.25) is 5.91 Å². The van der Waals surface area contributed by atoms with Crippen molar-refractivity contribution < 1.29 is 9.90 Å². The van der Waals surface area contributed by atoms with Crippen molar-refractivity contribution in [2.45, 2.75) is 64.3 Å². The van der Waals surface area contributed by atoms with Gasteiger partial charge < -0.3 is 10.0 Å². The van der Waals surface area contributed by atoms with Crippen molar-refractivity contribution in [2.24, 2.45) is 0 Å². The van der Waals surface area contributed by atoms with Gasteiger partial charge in [-0.25, -0.2) is 0 Å². The Morgan fingerprint density at radius 2 is 1.86 bits per heavy atom. The number of amides is 1. The summed E-state index contributed by atoms with van der Waals surface area (Å²) in [6.07, 6.45) is 7.50. The molecule has 1 N–H and O–H groups in total.